The molecule has 0 aliphatic rings. The molecular weight excluding hydrogens is 144 g/mol. The van der Waals surface area contributed by atoms with Crippen LogP contribution in [0, 0.1) is 24.3 Å². The first kappa shape index (κ1) is 8.87. The van der Waals surface area contributed by atoms with Crippen molar-refractivity contribution in [3.8, 4) is 12.3 Å². The summed E-state index contributed by atoms with van der Waals surface area (Å²) in [6, 6.07) is 8.93. The normalized spacial score (nSPS) is 9.83. The molecule has 0 spiro atoms. The molecule has 0 saturated carbocycles. The van der Waals surface area contributed by atoms with E-state index in [1.54, 1.807) is 0 Å². The van der Waals surface area contributed by atoms with Gasteiger partial charge in [0.2, 0.25) is 0 Å². The van der Waals surface area contributed by atoms with Crippen LogP contribution in [0.1, 0.15) is 25.0 Å². The zero-order valence-electron chi connectivity index (χ0n) is 7.59. The molecule has 61 valence electrons. The van der Waals surface area contributed by atoms with E-state index < -0.39 is 0 Å². The highest BCUT2D eigenvalue weighted by Crippen LogP contribution is 2.09. The molecule has 0 aliphatic carbocycles. The lowest BCUT2D eigenvalue weighted by atomic mass is 10.0. The lowest BCUT2D eigenvalue weighted by Crippen LogP contribution is -1.93. The van der Waals surface area contributed by atoms with E-state index in [1.807, 2.05) is 12.1 Å². The minimum Gasteiger partial charge on any atom is -0.115 e. The maximum Gasteiger partial charge on any atom is 0.0251 e. The van der Waals surface area contributed by atoms with Crippen molar-refractivity contribution in [2.45, 2.75) is 20.3 Å². The summed E-state index contributed by atoms with van der Waals surface area (Å²) in [6.45, 7) is 4.39. The molecule has 0 saturated heterocycles. The molecule has 1 aromatic carbocycles. The maximum atomic E-state index is 5.28. The van der Waals surface area contributed by atoms with E-state index in [1.165, 1.54) is 5.56 Å². The summed E-state index contributed by atoms with van der Waals surface area (Å²) in [5, 5.41) is 0. The SMILES string of the molecule is C#Cc1c[c]cc(CC(C)C)c1. The van der Waals surface area contributed by atoms with Gasteiger partial charge in [0, 0.05) is 5.56 Å². The van der Waals surface area contributed by atoms with Crippen LogP contribution in [-0.2, 0) is 6.42 Å². The topological polar surface area (TPSA) is 0 Å². The smallest absolute Gasteiger partial charge is 0.0251 e. The number of rotatable bonds is 2. The average Bonchev–Trinajstić information content (AvgIpc) is 2.03. The molecule has 12 heavy (non-hydrogen) atoms. The van der Waals surface area contributed by atoms with Crippen molar-refractivity contribution in [3.63, 3.8) is 0 Å². The quantitative estimate of drug-likeness (QED) is 0.579. The van der Waals surface area contributed by atoms with Gasteiger partial charge in [-0.15, -0.1) is 6.42 Å². The number of benzene rings is 1. The van der Waals surface area contributed by atoms with Crippen LogP contribution in [0.25, 0.3) is 0 Å². The molecule has 0 heteroatoms. The molecule has 0 unspecified atom stereocenters. The van der Waals surface area contributed by atoms with E-state index in [-0.39, 0.29) is 0 Å². The summed E-state index contributed by atoms with van der Waals surface area (Å²) in [6.07, 6.45) is 6.35. The first-order chi connectivity index (χ1) is 5.72. The molecule has 0 fully saturated rings. The Morgan fingerprint density at radius 1 is 1.50 bits per heavy atom. The minimum absolute atomic E-state index is 0.673. The molecule has 0 atom stereocenters. The molecule has 1 radical (unpaired) electrons. The highest BCUT2D eigenvalue weighted by atomic mass is 14.0. The van der Waals surface area contributed by atoms with Gasteiger partial charge in [0.1, 0.15) is 0 Å². The third kappa shape index (κ3) is 2.43. The number of hydrogen-bond donors (Lipinski definition) is 0. The van der Waals surface area contributed by atoms with Crippen LogP contribution >= 0.6 is 0 Å². The van der Waals surface area contributed by atoms with Gasteiger partial charge in [0.25, 0.3) is 0 Å². The van der Waals surface area contributed by atoms with Crippen molar-refractivity contribution in [3.05, 3.63) is 35.4 Å². The van der Waals surface area contributed by atoms with Crippen LogP contribution in [0.3, 0.4) is 0 Å². The van der Waals surface area contributed by atoms with Crippen molar-refractivity contribution in [1.29, 1.82) is 0 Å². The minimum atomic E-state index is 0.673. The van der Waals surface area contributed by atoms with Crippen molar-refractivity contribution in [2.75, 3.05) is 0 Å². The summed E-state index contributed by atoms with van der Waals surface area (Å²) in [5.74, 6) is 3.28. The van der Waals surface area contributed by atoms with Gasteiger partial charge in [-0.3, -0.25) is 0 Å². The second-order valence-corrected chi connectivity index (χ2v) is 3.37. The van der Waals surface area contributed by atoms with Gasteiger partial charge >= 0.3 is 0 Å². The van der Waals surface area contributed by atoms with Crippen LogP contribution in [0.4, 0.5) is 0 Å². The average molecular weight is 157 g/mol. The van der Waals surface area contributed by atoms with E-state index in [4.69, 9.17) is 6.42 Å². The van der Waals surface area contributed by atoms with Crippen LogP contribution in [0.15, 0.2) is 18.2 Å². The van der Waals surface area contributed by atoms with E-state index in [9.17, 15) is 0 Å². The molecule has 0 nitrogen and oxygen atoms in total. The zero-order valence-corrected chi connectivity index (χ0v) is 7.59. The molecule has 0 aromatic heterocycles. The summed E-state index contributed by atoms with van der Waals surface area (Å²) in [7, 11) is 0. The molecular formula is C12H13. The number of terminal acetylenes is 1. The summed E-state index contributed by atoms with van der Waals surface area (Å²) in [4.78, 5) is 0. The van der Waals surface area contributed by atoms with E-state index in [2.05, 4.69) is 31.9 Å². The Kier molecular flexibility index (Phi) is 2.94. The standard InChI is InChI=1S/C12H13/c1-4-11-6-5-7-12(9-11)8-10(2)3/h1,6-7,9-10H,8H2,2-3H3. The monoisotopic (exact) mass is 157 g/mol. The van der Waals surface area contributed by atoms with Gasteiger partial charge in [0.05, 0.1) is 0 Å². The summed E-state index contributed by atoms with van der Waals surface area (Å²) < 4.78 is 0. The predicted molar refractivity (Wildman–Crippen MR) is 51.8 cm³/mol. The van der Waals surface area contributed by atoms with E-state index >= 15 is 0 Å². The van der Waals surface area contributed by atoms with Gasteiger partial charge in [-0.2, -0.15) is 0 Å². The molecule has 0 heterocycles. The Morgan fingerprint density at radius 2 is 2.25 bits per heavy atom. The Hall–Kier alpha value is -1.22. The molecule has 1 aromatic rings. The van der Waals surface area contributed by atoms with Crippen LogP contribution in [0.2, 0.25) is 0 Å². The molecule has 0 N–H and O–H groups in total. The van der Waals surface area contributed by atoms with Gasteiger partial charge in [-0.05, 0) is 36.1 Å². The fourth-order valence-corrected chi connectivity index (χ4v) is 1.19. The highest BCUT2D eigenvalue weighted by molar-refractivity contribution is 5.34. The lowest BCUT2D eigenvalue weighted by molar-refractivity contribution is 0.647. The third-order valence-electron chi connectivity index (χ3n) is 1.66. The van der Waals surface area contributed by atoms with Gasteiger partial charge in [0.15, 0.2) is 0 Å². The summed E-state index contributed by atoms with van der Waals surface area (Å²) >= 11 is 0. The first-order valence-corrected chi connectivity index (χ1v) is 4.19. The Labute approximate surface area is 74.6 Å². The Morgan fingerprint density at radius 3 is 2.83 bits per heavy atom. The molecule has 0 amide bonds. The zero-order chi connectivity index (χ0) is 8.97. The highest BCUT2D eigenvalue weighted by Gasteiger charge is 1.97. The summed E-state index contributed by atoms with van der Waals surface area (Å²) in [5.41, 5.74) is 2.20. The van der Waals surface area contributed by atoms with Gasteiger partial charge in [-0.1, -0.05) is 25.8 Å². The second-order valence-electron chi connectivity index (χ2n) is 3.37. The maximum absolute atomic E-state index is 5.28. The van der Waals surface area contributed by atoms with Crippen LogP contribution in [0.5, 0.6) is 0 Å². The largest absolute Gasteiger partial charge is 0.115 e. The number of hydrogen-bond acceptors (Lipinski definition) is 0. The van der Waals surface area contributed by atoms with Gasteiger partial charge < -0.3 is 0 Å². The van der Waals surface area contributed by atoms with Crippen LogP contribution in [-0.4, -0.2) is 0 Å². The molecule has 0 aliphatic heterocycles. The molecule has 1 rings (SSSR count). The Balaban J connectivity index is 2.81. The Bertz CT molecular complexity index is 289. The van der Waals surface area contributed by atoms with Crippen molar-refractivity contribution >= 4 is 0 Å². The second kappa shape index (κ2) is 3.97. The fraction of sp³-hybridized carbons (Fsp3) is 0.333. The fourth-order valence-electron chi connectivity index (χ4n) is 1.19. The van der Waals surface area contributed by atoms with Gasteiger partial charge in [-0.25, -0.2) is 0 Å². The third-order valence-corrected chi connectivity index (χ3v) is 1.66. The van der Waals surface area contributed by atoms with E-state index in [0.29, 0.717) is 5.92 Å². The lowest BCUT2D eigenvalue weighted by Gasteiger charge is -2.04. The molecule has 0 bridgehead atoms. The van der Waals surface area contributed by atoms with Crippen molar-refractivity contribution < 1.29 is 0 Å². The van der Waals surface area contributed by atoms with Crippen molar-refractivity contribution in [2.24, 2.45) is 5.92 Å². The van der Waals surface area contributed by atoms with Crippen molar-refractivity contribution in [1.82, 2.24) is 0 Å². The van der Waals surface area contributed by atoms with Crippen LogP contribution < -0.4 is 0 Å². The van der Waals surface area contributed by atoms with E-state index in [0.717, 1.165) is 12.0 Å². The first-order valence-electron chi connectivity index (χ1n) is 4.19. The predicted octanol–water partition coefficient (Wildman–Crippen LogP) is 2.67.